The second kappa shape index (κ2) is 19.5. The highest BCUT2D eigenvalue weighted by Gasteiger charge is 2.30. The number of hydrogen-bond donors (Lipinski definition) is 5. The Labute approximate surface area is 328 Å². The lowest BCUT2D eigenvalue weighted by atomic mass is 9.98. The van der Waals surface area contributed by atoms with Crippen molar-refractivity contribution in [1.82, 2.24) is 21.3 Å². The van der Waals surface area contributed by atoms with Gasteiger partial charge in [-0.3, -0.25) is 19.2 Å². The van der Waals surface area contributed by atoms with E-state index >= 15 is 0 Å². The summed E-state index contributed by atoms with van der Waals surface area (Å²) in [6, 6.07) is 38.9. The molecule has 3 atom stereocenters. The number of nitrogens with two attached hydrogens (primary N) is 1. The Bertz CT molecular complexity index is 2310. The fourth-order valence-corrected chi connectivity index (χ4v) is 7.02. The molecule has 0 heterocycles. The second-order valence-electron chi connectivity index (χ2n) is 14.4. The van der Waals surface area contributed by atoms with Crippen molar-refractivity contribution in [2.45, 2.75) is 70.0 Å². The summed E-state index contributed by atoms with van der Waals surface area (Å²) in [5.41, 5.74) is 8.29. The number of rotatable bonds is 18. The summed E-state index contributed by atoms with van der Waals surface area (Å²) in [7, 11) is 0. The van der Waals surface area contributed by atoms with Crippen molar-refractivity contribution >= 4 is 55.9 Å². The largest absolute Gasteiger partial charge is 0.354 e. The number of carbonyl (C=O) groups is 4. The average Bonchev–Trinajstić information content (AvgIpc) is 3.22. The lowest BCUT2D eigenvalue weighted by Crippen LogP contribution is -2.58. The molecule has 0 saturated carbocycles. The molecule has 0 fully saturated rings. The first-order valence-electron chi connectivity index (χ1n) is 19.6. The van der Waals surface area contributed by atoms with Crippen LogP contribution in [0.25, 0.3) is 32.3 Å². The van der Waals surface area contributed by atoms with Crippen molar-refractivity contribution in [3.8, 4) is 0 Å². The Morgan fingerprint density at radius 2 is 0.893 bits per heavy atom. The third-order valence-electron chi connectivity index (χ3n) is 10.1. The third-order valence-corrected chi connectivity index (χ3v) is 10.1. The predicted octanol–water partition coefficient (Wildman–Crippen LogP) is 6.28. The van der Waals surface area contributed by atoms with Crippen LogP contribution >= 0.6 is 0 Å². The number of hydrogen-bond acceptors (Lipinski definition) is 5. The van der Waals surface area contributed by atoms with Crippen LogP contribution in [-0.4, -0.2) is 54.8 Å². The van der Waals surface area contributed by atoms with Gasteiger partial charge in [0.15, 0.2) is 0 Å². The zero-order chi connectivity index (χ0) is 39.3. The van der Waals surface area contributed by atoms with Gasteiger partial charge in [0, 0.05) is 32.2 Å². The smallest absolute Gasteiger partial charge is 0.243 e. The van der Waals surface area contributed by atoms with Gasteiger partial charge in [-0.05, 0) is 68.4 Å². The molecule has 6 aromatic carbocycles. The summed E-state index contributed by atoms with van der Waals surface area (Å²) in [6.45, 7) is 2.79. The van der Waals surface area contributed by atoms with E-state index in [0.717, 1.165) is 55.4 Å². The number of fused-ring (bicyclic) bond motifs is 3. The van der Waals surface area contributed by atoms with E-state index in [0.29, 0.717) is 25.9 Å². The Kier molecular flexibility index (Phi) is 13.8. The van der Waals surface area contributed by atoms with E-state index in [4.69, 9.17) is 5.73 Å². The minimum absolute atomic E-state index is 0.159. The molecule has 6 rings (SSSR count). The van der Waals surface area contributed by atoms with E-state index in [1.807, 2.05) is 134 Å². The summed E-state index contributed by atoms with van der Waals surface area (Å²) in [6.07, 6.45) is 3.03. The highest BCUT2D eigenvalue weighted by Crippen LogP contribution is 2.20. The standard InChI is InChI=1S/C47H51N5O4/c1-2-3-17-44(53)50-42(30-33-19-22-36-12-5-8-15-39(36)27-33)46(55)52-43(31-34-20-23-37-13-6-9-16-40(37)28-34)47(56)51-41(45(54)49-25-10-24-48)29-32-18-21-35-11-4-7-14-38(35)26-32/h4-9,11-16,18-23,26-28,41-43H,2-3,10,17,24-25,29-31,48H2,1H3,(H,49,54)(H,50,53)(H,51,56)(H,52,55). The lowest BCUT2D eigenvalue weighted by molar-refractivity contribution is -0.133. The Morgan fingerprint density at radius 1 is 0.500 bits per heavy atom. The van der Waals surface area contributed by atoms with Gasteiger partial charge >= 0.3 is 0 Å². The van der Waals surface area contributed by atoms with Crippen LogP contribution in [0.4, 0.5) is 0 Å². The van der Waals surface area contributed by atoms with Crippen LogP contribution in [-0.2, 0) is 38.4 Å². The highest BCUT2D eigenvalue weighted by atomic mass is 16.2. The molecule has 9 heteroatoms. The highest BCUT2D eigenvalue weighted by molar-refractivity contribution is 5.95. The van der Waals surface area contributed by atoms with Crippen molar-refractivity contribution in [2.24, 2.45) is 5.73 Å². The third kappa shape index (κ3) is 10.8. The molecule has 56 heavy (non-hydrogen) atoms. The molecular formula is C47H51N5O4. The monoisotopic (exact) mass is 749 g/mol. The van der Waals surface area contributed by atoms with Gasteiger partial charge in [0.1, 0.15) is 18.1 Å². The van der Waals surface area contributed by atoms with Crippen LogP contribution < -0.4 is 27.0 Å². The summed E-state index contributed by atoms with van der Waals surface area (Å²) in [5.74, 6) is -1.56. The minimum atomic E-state index is -1.06. The molecule has 9 nitrogen and oxygen atoms in total. The summed E-state index contributed by atoms with van der Waals surface area (Å²) >= 11 is 0. The fourth-order valence-electron chi connectivity index (χ4n) is 7.02. The first kappa shape index (κ1) is 39.6. The SMILES string of the molecule is CCCCC(=O)NC(Cc1ccc2ccccc2c1)C(=O)NC(Cc1ccc2ccccc2c1)C(=O)NC(Cc1ccc2ccccc2c1)C(=O)NCCCN. The lowest BCUT2D eigenvalue weighted by Gasteiger charge is -2.26. The van der Waals surface area contributed by atoms with Gasteiger partial charge in [0.25, 0.3) is 0 Å². The molecular weight excluding hydrogens is 699 g/mol. The molecule has 288 valence electrons. The van der Waals surface area contributed by atoms with E-state index in [1.54, 1.807) is 0 Å². The van der Waals surface area contributed by atoms with Crippen molar-refractivity contribution in [2.75, 3.05) is 13.1 Å². The van der Waals surface area contributed by atoms with Crippen LogP contribution in [0.2, 0.25) is 0 Å². The fraction of sp³-hybridized carbons (Fsp3) is 0.277. The van der Waals surface area contributed by atoms with Gasteiger partial charge in [-0.15, -0.1) is 0 Å². The molecule has 3 unspecified atom stereocenters. The van der Waals surface area contributed by atoms with Crippen LogP contribution in [0.3, 0.4) is 0 Å². The number of nitrogens with one attached hydrogen (secondary N) is 4. The van der Waals surface area contributed by atoms with E-state index in [1.165, 1.54) is 0 Å². The first-order chi connectivity index (χ1) is 27.3. The summed E-state index contributed by atoms with van der Waals surface area (Å²) in [4.78, 5) is 55.6. The van der Waals surface area contributed by atoms with E-state index in [9.17, 15) is 19.2 Å². The maximum atomic E-state index is 14.5. The second-order valence-corrected chi connectivity index (χ2v) is 14.4. The Morgan fingerprint density at radius 3 is 1.30 bits per heavy atom. The molecule has 6 N–H and O–H groups in total. The summed E-state index contributed by atoms with van der Waals surface area (Å²) in [5, 5.41) is 18.1. The van der Waals surface area contributed by atoms with Gasteiger partial charge in [0.2, 0.25) is 23.6 Å². The maximum absolute atomic E-state index is 14.5. The number of benzene rings is 6. The molecule has 6 aromatic rings. The van der Waals surface area contributed by atoms with Gasteiger partial charge in [-0.25, -0.2) is 0 Å². The molecule has 4 amide bonds. The van der Waals surface area contributed by atoms with Gasteiger partial charge in [-0.2, -0.15) is 0 Å². The minimum Gasteiger partial charge on any atom is -0.354 e. The molecule has 0 saturated heterocycles. The van der Waals surface area contributed by atoms with Gasteiger partial charge < -0.3 is 27.0 Å². The topological polar surface area (TPSA) is 142 Å². The molecule has 0 aliphatic carbocycles. The number of carbonyl (C=O) groups excluding carboxylic acids is 4. The quantitative estimate of drug-likeness (QED) is 0.0658. The molecule has 0 aromatic heterocycles. The van der Waals surface area contributed by atoms with Crippen molar-refractivity contribution < 1.29 is 19.2 Å². The maximum Gasteiger partial charge on any atom is 0.243 e. The van der Waals surface area contributed by atoms with Crippen LogP contribution in [0.15, 0.2) is 127 Å². The van der Waals surface area contributed by atoms with Crippen LogP contribution in [0.5, 0.6) is 0 Å². The molecule has 0 aliphatic heterocycles. The van der Waals surface area contributed by atoms with E-state index in [-0.39, 0.29) is 37.5 Å². The van der Waals surface area contributed by atoms with E-state index < -0.39 is 29.9 Å². The molecule has 0 aliphatic rings. The van der Waals surface area contributed by atoms with E-state index in [2.05, 4.69) is 21.3 Å². The van der Waals surface area contributed by atoms with Gasteiger partial charge in [0.05, 0.1) is 0 Å². The predicted molar refractivity (Wildman–Crippen MR) is 225 cm³/mol. The number of unbranched alkanes of at least 4 members (excludes halogenated alkanes) is 1. The number of amides is 4. The van der Waals surface area contributed by atoms with Crippen LogP contribution in [0, 0.1) is 0 Å². The normalized spacial score (nSPS) is 12.8. The zero-order valence-electron chi connectivity index (χ0n) is 31.9. The summed E-state index contributed by atoms with van der Waals surface area (Å²) < 4.78 is 0. The van der Waals surface area contributed by atoms with Crippen molar-refractivity contribution in [3.63, 3.8) is 0 Å². The molecule has 0 radical (unpaired) electrons. The van der Waals surface area contributed by atoms with Gasteiger partial charge in [-0.1, -0.05) is 141 Å². The average molecular weight is 750 g/mol. The Hall–Kier alpha value is -6.06. The Balaban J connectivity index is 1.29. The molecule has 0 bridgehead atoms. The first-order valence-corrected chi connectivity index (χ1v) is 19.6. The molecule has 0 spiro atoms. The van der Waals surface area contributed by atoms with Crippen LogP contribution in [0.1, 0.15) is 49.3 Å². The zero-order valence-corrected chi connectivity index (χ0v) is 31.9. The van der Waals surface area contributed by atoms with Crippen molar-refractivity contribution in [3.05, 3.63) is 144 Å². The van der Waals surface area contributed by atoms with Crippen molar-refractivity contribution in [1.29, 1.82) is 0 Å².